The van der Waals surface area contributed by atoms with Gasteiger partial charge in [-0.05, 0) is 45.9 Å². The lowest BCUT2D eigenvalue weighted by Gasteiger charge is -2.15. The number of hydrogen-bond acceptors (Lipinski definition) is 5. The van der Waals surface area contributed by atoms with Crippen molar-refractivity contribution in [1.29, 1.82) is 0 Å². The third kappa shape index (κ3) is 3.83. The minimum atomic E-state index is -1.01. The van der Waals surface area contributed by atoms with Gasteiger partial charge in [-0.2, -0.15) is 5.10 Å². The molecule has 0 saturated carbocycles. The number of furan rings is 1. The zero-order valence-electron chi connectivity index (χ0n) is 15.4. The summed E-state index contributed by atoms with van der Waals surface area (Å²) in [6.07, 6.45) is 0.582. The predicted molar refractivity (Wildman–Crippen MR) is 102 cm³/mol. The van der Waals surface area contributed by atoms with Gasteiger partial charge < -0.3 is 14.5 Å². The molecule has 2 aromatic heterocycles. The minimum Gasteiger partial charge on any atom is -0.449 e. The molecule has 3 rings (SSSR count). The molecule has 27 heavy (non-hydrogen) atoms. The predicted octanol–water partition coefficient (Wildman–Crippen LogP) is 4.36. The van der Waals surface area contributed by atoms with Gasteiger partial charge in [-0.15, -0.1) is 0 Å². The highest BCUT2D eigenvalue weighted by molar-refractivity contribution is 6.31. The van der Waals surface area contributed by atoms with Gasteiger partial charge in [0.2, 0.25) is 5.76 Å². The number of aryl methyl sites for hydroxylation is 1. The Balaban J connectivity index is 1.73. The van der Waals surface area contributed by atoms with Gasteiger partial charge in [0.25, 0.3) is 5.91 Å². The summed E-state index contributed by atoms with van der Waals surface area (Å²) in [5.74, 6) is -0.575. The van der Waals surface area contributed by atoms with E-state index >= 15 is 0 Å². The maximum Gasteiger partial charge on any atom is 0.375 e. The van der Waals surface area contributed by atoms with Crippen LogP contribution in [0.1, 0.15) is 42.9 Å². The van der Waals surface area contributed by atoms with Crippen LogP contribution in [0.3, 0.4) is 0 Å². The van der Waals surface area contributed by atoms with Gasteiger partial charge in [0.05, 0.1) is 6.20 Å². The van der Waals surface area contributed by atoms with Crippen molar-refractivity contribution in [3.05, 3.63) is 46.8 Å². The number of rotatable bonds is 5. The molecule has 8 heteroatoms. The maximum atomic E-state index is 12.5. The summed E-state index contributed by atoms with van der Waals surface area (Å²) in [6, 6.07) is 6.84. The van der Waals surface area contributed by atoms with E-state index in [-0.39, 0.29) is 11.8 Å². The first kappa shape index (κ1) is 19.0. The molecule has 0 spiro atoms. The zero-order chi connectivity index (χ0) is 19.7. The van der Waals surface area contributed by atoms with Crippen LogP contribution in [0, 0.1) is 6.92 Å². The van der Waals surface area contributed by atoms with Crippen LogP contribution >= 0.6 is 11.6 Å². The number of aromatic nitrogens is 2. The zero-order valence-corrected chi connectivity index (χ0v) is 16.2. The van der Waals surface area contributed by atoms with Crippen molar-refractivity contribution < 1.29 is 18.7 Å². The van der Waals surface area contributed by atoms with Gasteiger partial charge in [-0.1, -0.05) is 11.6 Å². The summed E-state index contributed by atoms with van der Waals surface area (Å²) in [5.41, 5.74) is 1.14. The first-order valence-corrected chi connectivity index (χ1v) is 8.89. The number of fused-ring (bicyclic) bond motifs is 1. The van der Waals surface area contributed by atoms with Crippen molar-refractivity contribution in [3.63, 3.8) is 0 Å². The highest BCUT2D eigenvalue weighted by atomic mass is 35.5. The van der Waals surface area contributed by atoms with Crippen LogP contribution in [0.25, 0.3) is 11.0 Å². The lowest BCUT2D eigenvalue weighted by atomic mass is 10.1. The maximum absolute atomic E-state index is 12.5. The molecular formula is C19H20ClN3O4. The van der Waals surface area contributed by atoms with Crippen LogP contribution in [0.2, 0.25) is 5.02 Å². The first-order valence-electron chi connectivity index (χ1n) is 8.52. The Morgan fingerprint density at radius 2 is 2.00 bits per heavy atom. The molecule has 0 saturated heterocycles. The minimum absolute atomic E-state index is 0.0548. The summed E-state index contributed by atoms with van der Waals surface area (Å²) in [6.45, 7) is 7.13. The monoisotopic (exact) mass is 389 g/mol. The number of carbonyl (C=O) groups is 2. The number of amides is 1. The molecular weight excluding hydrogens is 370 g/mol. The third-order valence-electron chi connectivity index (χ3n) is 4.15. The SMILES string of the molecule is Cc1c(C(=O)O[C@@H](C)C(=O)Nc2ccnn2C(C)C)oc2ccc(Cl)cc12. The average molecular weight is 390 g/mol. The van der Waals surface area contributed by atoms with Crippen LogP contribution in [0.15, 0.2) is 34.9 Å². The van der Waals surface area contributed by atoms with Gasteiger partial charge >= 0.3 is 5.97 Å². The number of ether oxygens (including phenoxy) is 1. The van der Waals surface area contributed by atoms with Crippen molar-refractivity contribution in [2.75, 3.05) is 5.32 Å². The molecule has 3 aromatic rings. The molecule has 7 nitrogen and oxygen atoms in total. The van der Waals surface area contributed by atoms with Crippen LogP contribution in [-0.2, 0) is 9.53 Å². The molecule has 142 valence electrons. The molecule has 0 unspecified atom stereocenters. The third-order valence-corrected chi connectivity index (χ3v) is 4.38. The lowest BCUT2D eigenvalue weighted by molar-refractivity contribution is -0.123. The van der Waals surface area contributed by atoms with Crippen molar-refractivity contribution in [1.82, 2.24) is 9.78 Å². The van der Waals surface area contributed by atoms with E-state index in [1.165, 1.54) is 6.92 Å². The molecule has 1 aromatic carbocycles. The molecule has 1 atom stereocenters. The van der Waals surface area contributed by atoms with Crippen molar-refractivity contribution in [2.24, 2.45) is 0 Å². The summed E-state index contributed by atoms with van der Waals surface area (Å²) >= 11 is 5.99. The normalized spacial score (nSPS) is 12.4. The van der Waals surface area contributed by atoms with E-state index in [1.807, 2.05) is 13.8 Å². The smallest absolute Gasteiger partial charge is 0.375 e. The number of nitrogens with zero attached hydrogens (tertiary/aromatic N) is 2. The molecule has 0 fully saturated rings. The molecule has 0 aliphatic rings. The fourth-order valence-corrected chi connectivity index (χ4v) is 2.88. The van der Waals surface area contributed by atoms with E-state index < -0.39 is 18.0 Å². The van der Waals surface area contributed by atoms with Gasteiger partial charge in [0.1, 0.15) is 11.4 Å². The second-order valence-electron chi connectivity index (χ2n) is 6.49. The molecule has 0 aliphatic carbocycles. The van der Waals surface area contributed by atoms with E-state index in [2.05, 4.69) is 10.4 Å². The Hall–Kier alpha value is -2.80. The Morgan fingerprint density at radius 1 is 1.26 bits per heavy atom. The quantitative estimate of drug-likeness (QED) is 0.655. The number of benzene rings is 1. The molecule has 1 N–H and O–H groups in total. The van der Waals surface area contributed by atoms with Crippen LogP contribution in [0.4, 0.5) is 5.82 Å². The molecule has 2 heterocycles. The fourth-order valence-electron chi connectivity index (χ4n) is 2.71. The average Bonchev–Trinajstić information content (AvgIpc) is 3.20. The van der Waals surface area contributed by atoms with Crippen molar-refractivity contribution in [3.8, 4) is 0 Å². The topological polar surface area (TPSA) is 86.4 Å². The van der Waals surface area contributed by atoms with Crippen LogP contribution in [0.5, 0.6) is 0 Å². The molecule has 1 amide bonds. The fraction of sp³-hybridized carbons (Fsp3) is 0.316. The van der Waals surface area contributed by atoms with Crippen molar-refractivity contribution >= 4 is 40.3 Å². The standard InChI is InChI=1S/C19H20ClN3O4/c1-10(2)23-16(7-8-21-23)22-18(24)12(4)26-19(25)17-11(3)14-9-13(20)5-6-15(14)27-17/h5-10,12H,1-4H3,(H,22,24)/t12-/m0/s1. The van der Waals surface area contributed by atoms with E-state index in [1.54, 1.807) is 42.1 Å². The van der Waals surface area contributed by atoms with E-state index in [0.29, 0.717) is 22.0 Å². The first-order chi connectivity index (χ1) is 12.8. The summed E-state index contributed by atoms with van der Waals surface area (Å²) < 4.78 is 12.5. The summed E-state index contributed by atoms with van der Waals surface area (Å²) in [5, 5.41) is 8.13. The summed E-state index contributed by atoms with van der Waals surface area (Å²) in [7, 11) is 0. The van der Waals surface area contributed by atoms with E-state index in [4.69, 9.17) is 20.8 Å². The summed E-state index contributed by atoms with van der Waals surface area (Å²) in [4.78, 5) is 24.8. The largest absolute Gasteiger partial charge is 0.449 e. The van der Waals surface area contributed by atoms with Gasteiger partial charge in [0, 0.05) is 28.1 Å². The van der Waals surface area contributed by atoms with Crippen LogP contribution < -0.4 is 5.32 Å². The molecule has 0 aliphatic heterocycles. The number of anilines is 1. The number of esters is 1. The lowest BCUT2D eigenvalue weighted by Crippen LogP contribution is -2.31. The highest BCUT2D eigenvalue weighted by Crippen LogP contribution is 2.28. The van der Waals surface area contributed by atoms with Crippen molar-refractivity contribution in [2.45, 2.75) is 39.8 Å². The Morgan fingerprint density at radius 3 is 2.70 bits per heavy atom. The Labute approximate surface area is 161 Å². The second kappa shape index (κ2) is 7.44. The van der Waals surface area contributed by atoms with Gasteiger partial charge in [-0.25, -0.2) is 9.48 Å². The molecule has 0 radical (unpaired) electrons. The van der Waals surface area contributed by atoms with Gasteiger partial charge in [-0.3, -0.25) is 4.79 Å². The number of halogens is 1. The number of hydrogen-bond donors (Lipinski definition) is 1. The Kier molecular flexibility index (Phi) is 5.23. The molecule has 0 bridgehead atoms. The Bertz CT molecular complexity index is 1010. The number of carbonyl (C=O) groups excluding carboxylic acids is 2. The van der Waals surface area contributed by atoms with Crippen LogP contribution in [-0.4, -0.2) is 27.8 Å². The van der Waals surface area contributed by atoms with E-state index in [9.17, 15) is 9.59 Å². The number of nitrogens with one attached hydrogen (secondary N) is 1. The van der Waals surface area contributed by atoms with Gasteiger partial charge in [0.15, 0.2) is 6.10 Å². The second-order valence-corrected chi connectivity index (χ2v) is 6.92. The highest BCUT2D eigenvalue weighted by Gasteiger charge is 2.25. The van der Waals surface area contributed by atoms with E-state index in [0.717, 1.165) is 5.39 Å².